The van der Waals surface area contributed by atoms with Crippen molar-refractivity contribution in [3.8, 4) is 5.75 Å². The summed E-state index contributed by atoms with van der Waals surface area (Å²) in [6.45, 7) is 0. The van der Waals surface area contributed by atoms with Gasteiger partial charge in [0.25, 0.3) is 0 Å². The number of Topliss-reactive ketones (excluding diaryl/α,β-unsaturated/α-hetero) is 1. The highest BCUT2D eigenvalue weighted by Crippen LogP contribution is 2.46. The summed E-state index contributed by atoms with van der Waals surface area (Å²) < 4.78 is 5.18. The van der Waals surface area contributed by atoms with Crippen LogP contribution in [0, 0.1) is 0 Å². The molecule has 1 saturated carbocycles. The van der Waals surface area contributed by atoms with Gasteiger partial charge >= 0.3 is 0 Å². The van der Waals surface area contributed by atoms with Crippen LogP contribution < -0.4 is 4.74 Å². The minimum atomic E-state index is -0.437. The van der Waals surface area contributed by atoms with Gasteiger partial charge in [-0.05, 0) is 29.7 Å². The van der Waals surface area contributed by atoms with Crippen molar-refractivity contribution >= 4 is 5.78 Å². The van der Waals surface area contributed by atoms with E-state index in [4.69, 9.17) is 4.74 Å². The average molecular weight is 252 g/mol. The van der Waals surface area contributed by atoms with E-state index in [1.807, 2.05) is 54.6 Å². The lowest BCUT2D eigenvalue weighted by Gasteiger charge is -2.41. The fraction of sp³-hybridized carbons (Fsp3) is 0.235. The quantitative estimate of drug-likeness (QED) is 0.837. The van der Waals surface area contributed by atoms with Crippen molar-refractivity contribution in [3.63, 3.8) is 0 Å². The molecule has 1 aliphatic carbocycles. The van der Waals surface area contributed by atoms with Crippen LogP contribution >= 0.6 is 0 Å². The molecule has 3 rings (SSSR count). The number of methoxy groups -OCH3 is 1. The minimum absolute atomic E-state index is 0.309. The maximum atomic E-state index is 12.3. The van der Waals surface area contributed by atoms with Crippen LogP contribution in [-0.4, -0.2) is 12.9 Å². The van der Waals surface area contributed by atoms with Gasteiger partial charge in [-0.1, -0.05) is 42.5 Å². The molecule has 19 heavy (non-hydrogen) atoms. The standard InChI is InChI=1S/C17H16O2/c1-19-15-9-7-14(8-10-15)17(12-11-16(17)18)13-5-3-2-4-6-13/h2-10H,11-12H2,1H3. The number of carbonyl (C=O) groups excluding carboxylic acids is 1. The Hall–Kier alpha value is -2.09. The molecule has 2 aromatic carbocycles. The molecular weight excluding hydrogens is 236 g/mol. The second-order valence-electron chi connectivity index (χ2n) is 4.92. The Balaban J connectivity index is 2.08. The molecule has 1 fully saturated rings. The number of rotatable bonds is 3. The summed E-state index contributed by atoms with van der Waals surface area (Å²) in [5.41, 5.74) is 1.72. The Morgan fingerprint density at radius 3 is 2.05 bits per heavy atom. The van der Waals surface area contributed by atoms with Gasteiger partial charge in [0.1, 0.15) is 11.5 Å². The van der Waals surface area contributed by atoms with E-state index in [1.165, 1.54) is 0 Å². The van der Waals surface area contributed by atoms with Crippen molar-refractivity contribution in [1.29, 1.82) is 0 Å². The summed E-state index contributed by atoms with van der Waals surface area (Å²) in [4.78, 5) is 12.3. The molecule has 0 amide bonds. The van der Waals surface area contributed by atoms with Crippen LogP contribution in [0.3, 0.4) is 0 Å². The highest BCUT2D eigenvalue weighted by molar-refractivity contribution is 5.99. The van der Waals surface area contributed by atoms with Gasteiger partial charge < -0.3 is 4.74 Å². The van der Waals surface area contributed by atoms with Crippen molar-refractivity contribution in [2.45, 2.75) is 18.3 Å². The van der Waals surface area contributed by atoms with E-state index < -0.39 is 5.41 Å². The predicted octanol–water partition coefficient (Wildman–Crippen LogP) is 3.34. The van der Waals surface area contributed by atoms with Crippen LogP contribution in [0.4, 0.5) is 0 Å². The average Bonchev–Trinajstić information content (AvgIpc) is 2.48. The third-order valence-electron chi connectivity index (χ3n) is 4.05. The van der Waals surface area contributed by atoms with Crippen LogP contribution in [0.25, 0.3) is 0 Å². The molecule has 2 heteroatoms. The highest BCUT2D eigenvalue weighted by atomic mass is 16.5. The highest BCUT2D eigenvalue weighted by Gasteiger charge is 2.48. The molecule has 0 radical (unpaired) electrons. The summed E-state index contributed by atoms with van der Waals surface area (Å²) >= 11 is 0. The molecule has 2 nitrogen and oxygen atoms in total. The molecule has 0 aromatic heterocycles. The van der Waals surface area contributed by atoms with Crippen molar-refractivity contribution in [2.75, 3.05) is 7.11 Å². The topological polar surface area (TPSA) is 26.3 Å². The molecule has 2 aromatic rings. The first-order valence-corrected chi connectivity index (χ1v) is 6.51. The number of ether oxygens (including phenoxy) is 1. The maximum absolute atomic E-state index is 12.3. The zero-order valence-corrected chi connectivity index (χ0v) is 10.9. The molecule has 1 atom stereocenters. The van der Waals surface area contributed by atoms with Crippen LogP contribution in [0.15, 0.2) is 54.6 Å². The molecule has 1 unspecified atom stereocenters. The first-order chi connectivity index (χ1) is 9.27. The molecule has 96 valence electrons. The largest absolute Gasteiger partial charge is 0.497 e. The lowest BCUT2D eigenvalue weighted by atomic mass is 9.59. The molecule has 0 N–H and O–H groups in total. The van der Waals surface area contributed by atoms with E-state index >= 15 is 0 Å². The van der Waals surface area contributed by atoms with E-state index in [9.17, 15) is 4.79 Å². The van der Waals surface area contributed by atoms with E-state index in [0.29, 0.717) is 12.2 Å². The smallest absolute Gasteiger partial charge is 0.147 e. The Bertz CT molecular complexity index is 586. The summed E-state index contributed by atoms with van der Waals surface area (Å²) in [6.07, 6.45) is 1.56. The van der Waals surface area contributed by atoms with E-state index in [0.717, 1.165) is 23.3 Å². The van der Waals surface area contributed by atoms with Gasteiger partial charge in [-0.15, -0.1) is 0 Å². The predicted molar refractivity (Wildman–Crippen MR) is 74.5 cm³/mol. The second-order valence-corrected chi connectivity index (χ2v) is 4.92. The van der Waals surface area contributed by atoms with Gasteiger partial charge in [-0.3, -0.25) is 4.79 Å². The van der Waals surface area contributed by atoms with Crippen LogP contribution in [0.2, 0.25) is 0 Å². The van der Waals surface area contributed by atoms with Crippen LogP contribution in [0.5, 0.6) is 5.75 Å². The lowest BCUT2D eigenvalue weighted by molar-refractivity contribution is -0.129. The molecule has 0 aliphatic heterocycles. The van der Waals surface area contributed by atoms with Crippen LogP contribution in [0.1, 0.15) is 24.0 Å². The first-order valence-electron chi connectivity index (χ1n) is 6.51. The third-order valence-corrected chi connectivity index (χ3v) is 4.05. The fourth-order valence-electron chi connectivity index (χ4n) is 2.85. The van der Waals surface area contributed by atoms with E-state index in [-0.39, 0.29) is 0 Å². The molecule has 0 spiro atoms. The van der Waals surface area contributed by atoms with Gasteiger partial charge in [0.2, 0.25) is 0 Å². The second kappa shape index (κ2) is 4.54. The van der Waals surface area contributed by atoms with Crippen LogP contribution in [-0.2, 0) is 10.2 Å². The van der Waals surface area contributed by atoms with Crippen molar-refractivity contribution < 1.29 is 9.53 Å². The van der Waals surface area contributed by atoms with Gasteiger partial charge in [0.15, 0.2) is 0 Å². The van der Waals surface area contributed by atoms with Gasteiger partial charge in [-0.25, -0.2) is 0 Å². The summed E-state index contributed by atoms with van der Waals surface area (Å²) in [5.74, 6) is 1.13. The Kier molecular flexibility index (Phi) is 2.86. The Morgan fingerprint density at radius 1 is 0.947 bits per heavy atom. The minimum Gasteiger partial charge on any atom is -0.497 e. The fourth-order valence-corrected chi connectivity index (χ4v) is 2.85. The summed E-state index contributed by atoms with van der Waals surface area (Å²) in [6, 6.07) is 17.9. The number of ketones is 1. The van der Waals surface area contributed by atoms with Crippen molar-refractivity contribution in [1.82, 2.24) is 0 Å². The normalized spacial score (nSPS) is 21.8. The number of hydrogen-bond acceptors (Lipinski definition) is 2. The van der Waals surface area contributed by atoms with E-state index in [2.05, 4.69) is 0 Å². The number of carbonyl (C=O) groups is 1. The molecule has 0 bridgehead atoms. The molecule has 0 saturated heterocycles. The van der Waals surface area contributed by atoms with Gasteiger partial charge in [0.05, 0.1) is 12.5 Å². The zero-order valence-electron chi connectivity index (χ0n) is 10.9. The lowest BCUT2D eigenvalue weighted by Crippen LogP contribution is -2.45. The Labute approximate surface area is 113 Å². The van der Waals surface area contributed by atoms with Crippen molar-refractivity contribution in [3.05, 3.63) is 65.7 Å². The van der Waals surface area contributed by atoms with E-state index in [1.54, 1.807) is 7.11 Å². The molecule has 0 heterocycles. The monoisotopic (exact) mass is 252 g/mol. The number of hydrogen-bond donors (Lipinski definition) is 0. The SMILES string of the molecule is COc1ccc(C2(c3ccccc3)CCC2=O)cc1. The maximum Gasteiger partial charge on any atom is 0.147 e. The number of benzene rings is 2. The summed E-state index contributed by atoms with van der Waals surface area (Å²) in [5, 5.41) is 0. The summed E-state index contributed by atoms with van der Waals surface area (Å²) in [7, 11) is 1.65. The van der Waals surface area contributed by atoms with Gasteiger partial charge in [0, 0.05) is 6.42 Å². The molecule has 1 aliphatic rings. The van der Waals surface area contributed by atoms with Gasteiger partial charge in [-0.2, -0.15) is 0 Å². The zero-order chi connectivity index (χ0) is 13.3. The first kappa shape index (κ1) is 12.0. The Morgan fingerprint density at radius 2 is 1.58 bits per heavy atom. The van der Waals surface area contributed by atoms with Crippen molar-refractivity contribution in [2.24, 2.45) is 0 Å². The third kappa shape index (κ3) is 1.75. The molecular formula is C17H16O2.